The number of hydrogen-bond donors (Lipinski definition) is 1. The molecule has 0 amide bonds. The third-order valence-electron chi connectivity index (χ3n) is 2.69. The zero-order valence-corrected chi connectivity index (χ0v) is 10.6. The van der Waals surface area contributed by atoms with Crippen LogP contribution in [-0.2, 0) is 19.4 Å². The average molecular weight is 249 g/mol. The van der Waals surface area contributed by atoms with Gasteiger partial charge in [-0.15, -0.1) is 0 Å². The van der Waals surface area contributed by atoms with Crippen molar-refractivity contribution in [3.05, 3.63) is 0 Å². The van der Waals surface area contributed by atoms with Gasteiger partial charge in [-0.1, -0.05) is 0 Å². The van der Waals surface area contributed by atoms with Crippen LogP contribution in [0.4, 0.5) is 0 Å². The van der Waals surface area contributed by atoms with Crippen LogP contribution in [0.2, 0.25) is 0 Å². The lowest BCUT2D eigenvalue weighted by Crippen LogP contribution is -2.44. The van der Waals surface area contributed by atoms with Crippen molar-refractivity contribution in [1.82, 2.24) is 5.32 Å². The summed E-state index contributed by atoms with van der Waals surface area (Å²) in [5.74, 6) is 0.137. The number of hydrogen-bond acceptors (Lipinski definition) is 5. The molecule has 0 aromatic carbocycles. The van der Waals surface area contributed by atoms with E-state index in [-0.39, 0.29) is 29.4 Å². The van der Waals surface area contributed by atoms with Gasteiger partial charge in [0, 0.05) is 12.1 Å². The fourth-order valence-corrected chi connectivity index (χ4v) is 3.97. The molecule has 1 saturated heterocycles. The molecule has 1 N–H and O–H groups in total. The first-order valence-electron chi connectivity index (χ1n) is 5.48. The highest BCUT2D eigenvalue weighted by Gasteiger charge is 2.37. The van der Waals surface area contributed by atoms with E-state index in [4.69, 9.17) is 4.74 Å². The molecule has 94 valence electrons. The maximum atomic E-state index is 11.3. The molecule has 1 unspecified atom stereocenters. The number of esters is 1. The molecule has 0 aromatic rings. The Morgan fingerprint density at radius 2 is 2.19 bits per heavy atom. The lowest BCUT2D eigenvalue weighted by Gasteiger charge is -2.23. The van der Waals surface area contributed by atoms with Gasteiger partial charge in [-0.2, -0.15) is 0 Å². The molecule has 0 saturated carbocycles. The fraction of sp³-hybridized carbons (Fsp3) is 0.900. The van der Waals surface area contributed by atoms with Crippen molar-refractivity contribution in [2.75, 3.05) is 24.7 Å². The van der Waals surface area contributed by atoms with Gasteiger partial charge >= 0.3 is 5.97 Å². The summed E-state index contributed by atoms with van der Waals surface area (Å²) in [5, 5.41) is 3.12. The molecule has 6 heteroatoms. The summed E-state index contributed by atoms with van der Waals surface area (Å²) >= 11 is 0. The van der Waals surface area contributed by atoms with Gasteiger partial charge in [-0.05, 0) is 20.3 Å². The Morgan fingerprint density at radius 1 is 1.50 bits per heavy atom. The second-order valence-electron chi connectivity index (χ2n) is 4.38. The molecular formula is C10H19NO4S. The molecule has 0 spiro atoms. The summed E-state index contributed by atoms with van der Waals surface area (Å²) in [7, 11) is -2.89. The van der Waals surface area contributed by atoms with Crippen molar-refractivity contribution >= 4 is 15.8 Å². The topological polar surface area (TPSA) is 72.5 Å². The zero-order valence-electron chi connectivity index (χ0n) is 9.78. The van der Waals surface area contributed by atoms with Crippen LogP contribution in [0.25, 0.3) is 0 Å². The van der Waals surface area contributed by atoms with E-state index in [0.717, 1.165) is 0 Å². The molecule has 1 atom stereocenters. The van der Waals surface area contributed by atoms with Crippen molar-refractivity contribution in [2.24, 2.45) is 0 Å². The Morgan fingerprint density at radius 3 is 2.69 bits per heavy atom. The molecule has 1 heterocycles. The van der Waals surface area contributed by atoms with Gasteiger partial charge in [0.2, 0.25) is 0 Å². The zero-order chi connectivity index (χ0) is 12.2. The Balaban J connectivity index is 2.31. The maximum absolute atomic E-state index is 11.3. The molecule has 1 aliphatic rings. The Hall–Kier alpha value is -0.620. The van der Waals surface area contributed by atoms with E-state index in [0.29, 0.717) is 19.6 Å². The third-order valence-corrected chi connectivity index (χ3v) is 4.59. The summed E-state index contributed by atoms with van der Waals surface area (Å²) in [6, 6.07) is 0. The van der Waals surface area contributed by atoms with E-state index in [1.54, 1.807) is 6.92 Å². The van der Waals surface area contributed by atoms with Crippen LogP contribution < -0.4 is 5.32 Å². The lowest BCUT2D eigenvalue weighted by atomic mass is 10.0. The monoisotopic (exact) mass is 249 g/mol. The number of sulfone groups is 1. The maximum Gasteiger partial charge on any atom is 0.307 e. The Kier molecular flexibility index (Phi) is 4.32. The first-order chi connectivity index (χ1) is 7.37. The van der Waals surface area contributed by atoms with E-state index < -0.39 is 9.84 Å². The van der Waals surface area contributed by atoms with E-state index in [1.165, 1.54) is 0 Å². The van der Waals surface area contributed by atoms with E-state index in [9.17, 15) is 13.2 Å². The number of carbonyl (C=O) groups is 1. The van der Waals surface area contributed by atoms with Crippen molar-refractivity contribution in [3.63, 3.8) is 0 Å². The molecule has 1 aliphatic heterocycles. The quantitative estimate of drug-likeness (QED) is 0.700. The van der Waals surface area contributed by atoms with Crippen molar-refractivity contribution in [3.8, 4) is 0 Å². The van der Waals surface area contributed by atoms with Crippen LogP contribution in [0.5, 0.6) is 0 Å². The largest absolute Gasteiger partial charge is 0.466 e. The highest BCUT2D eigenvalue weighted by molar-refractivity contribution is 7.91. The predicted molar refractivity (Wildman–Crippen MR) is 60.9 cm³/mol. The van der Waals surface area contributed by atoms with Crippen LogP contribution in [0.3, 0.4) is 0 Å². The van der Waals surface area contributed by atoms with Crippen molar-refractivity contribution in [1.29, 1.82) is 0 Å². The van der Waals surface area contributed by atoms with E-state index >= 15 is 0 Å². The SMILES string of the molecule is CCOC(=O)CCNC1(C)CCS(=O)(=O)C1. The highest BCUT2D eigenvalue weighted by atomic mass is 32.2. The fourth-order valence-electron chi connectivity index (χ4n) is 1.85. The van der Waals surface area contributed by atoms with Crippen LogP contribution in [0, 0.1) is 0 Å². The van der Waals surface area contributed by atoms with Gasteiger partial charge in [-0.25, -0.2) is 8.42 Å². The number of ether oxygens (including phenoxy) is 1. The minimum Gasteiger partial charge on any atom is -0.466 e. The van der Waals surface area contributed by atoms with E-state index in [2.05, 4.69) is 5.32 Å². The minimum atomic E-state index is -2.89. The standard InChI is InChI=1S/C10H19NO4S/c1-3-15-9(12)4-6-11-10(2)5-7-16(13,14)8-10/h11H,3-8H2,1-2H3. The Labute approximate surface area is 96.5 Å². The van der Waals surface area contributed by atoms with Crippen LogP contribution in [0.15, 0.2) is 0 Å². The van der Waals surface area contributed by atoms with Gasteiger partial charge in [0.15, 0.2) is 9.84 Å². The van der Waals surface area contributed by atoms with Crippen LogP contribution >= 0.6 is 0 Å². The van der Waals surface area contributed by atoms with Gasteiger partial charge in [0.25, 0.3) is 0 Å². The number of nitrogens with one attached hydrogen (secondary N) is 1. The smallest absolute Gasteiger partial charge is 0.307 e. The first-order valence-corrected chi connectivity index (χ1v) is 7.30. The highest BCUT2D eigenvalue weighted by Crippen LogP contribution is 2.22. The predicted octanol–water partition coefficient (Wildman–Crippen LogP) is 0.106. The van der Waals surface area contributed by atoms with Crippen LogP contribution in [-0.4, -0.2) is 44.6 Å². The van der Waals surface area contributed by atoms with E-state index in [1.807, 2.05) is 6.92 Å². The summed E-state index contributed by atoms with van der Waals surface area (Å²) < 4.78 is 27.4. The number of rotatable bonds is 5. The summed E-state index contributed by atoms with van der Waals surface area (Å²) in [6.07, 6.45) is 0.891. The summed E-state index contributed by atoms with van der Waals surface area (Å²) in [5.41, 5.74) is -0.384. The van der Waals surface area contributed by atoms with Gasteiger partial charge in [0.1, 0.15) is 0 Å². The molecule has 0 bridgehead atoms. The molecule has 1 rings (SSSR count). The number of carbonyl (C=O) groups excluding carboxylic acids is 1. The molecule has 1 fully saturated rings. The van der Waals surface area contributed by atoms with Gasteiger partial charge < -0.3 is 10.1 Å². The third kappa shape index (κ3) is 4.09. The van der Waals surface area contributed by atoms with Crippen LogP contribution in [0.1, 0.15) is 26.7 Å². The summed E-state index contributed by atoms with van der Waals surface area (Å²) in [6.45, 7) is 4.48. The Bertz CT molecular complexity index is 352. The molecule has 5 nitrogen and oxygen atoms in total. The van der Waals surface area contributed by atoms with Gasteiger partial charge in [0.05, 0.1) is 24.5 Å². The minimum absolute atomic E-state index is 0.156. The first kappa shape index (κ1) is 13.4. The van der Waals surface area contributed by atoms with Crippen molar-refractivity contribution in [2.45, 2.75) is 32.2 Å². The average Bonchev–Trinajstić information content (AvgIpc) is 2.41. The lowest BCUT2D eigenvalue weighted by molar-refractivity contribution is -0.143. The molecular weight excluding hydrogens is 230 g/mol. The second-order valence-corrected chi connectivity index (χ2v) is 6.57. The normalized spacial score (nSPS) is 27.9. The molecule has 0 aliphatic carbocycles. The molecule has 16 heavy (non-hydrogen) atoms. The summed E-state index contributed by atoms with van der Waals surface area (Å²) in [4.78, 5) is 11.1. The van der Waals surface area contributed by atoms with Gasteiger partial charge in [-0.3, -0.25) is 4.79 Å². The second kappa shape index (κ2) is 5.14. The molecule has 0 radical (unpaired) electrons. The molecule has 0 aromatic heterocycles. The van der Waals surface area contributed by atoms with Crippen molar-refractivity contribution < 1.29 is 17.9 Å².